The van der Waals surface area contributed by atoms with Gasteiger partial charge in [0.1, 0.15) is 0 Å². The lowest BCUT2D eigenvalue weighted by Gasteiger charge is -2.52. The summed E-state index contributed by atoms with van der Waals surface area (Å²) in [5.74, 6) is 1.46. The maximum Gasteiger partial charge on any atom is 0.0502 e. The molecule has 18 heavy (non-hydrogen) atoms. The predicted molar refractivity (Wildman–Crippen MR) is 75.6 cm³/mol. The first kappa shape index (κ1) is 14.3. The zero-order valence-corrected chi connectivity index (χ0v) is 12.2. The fourth-order valence-electron chi connectivity index (χ4n) is 4.14. The molecule has 3 nitrogen and oxygen atoms in total. The molecule has 0 bridgehead atoms. The molecule has 3 unspecified atom stereocenters. The second-order valence-corrected chi connectivity index (χ2v) is 6.36. The molecular weight excluding hydrogens is 224 g/mol. The number of piperidine rings is 1. The summed E-state index contributed by atoms with van der Waals surface area (Å²) >= 11 is 0. The SMILES string of the molecule is COCC1CCCN(C2(CN)CCCCC2C)C1. The molecule has 2 rings (SSSR count). The lowest BCUT2D eigenvalue weighted by molar-refractivity contribution is -0.0266. The lowest BCUT2D eigenvalue weighted by Crippen LogP contribution is -2.61. The Morgan fingerprint density at radius 1 is 1.28 bits per heavy atom. The van der Waals surface area contributed by atoms with Crippen LogP contribution in [-0.4, -0.2) is 43.8 Å². The first-order chi connectivity index (χ1) is 8.73. The van der Waals surface area contributed by atoms with E-state index >= 15 is 0 Å². The molecule has 2 fully saturated rings. The fourth-order valence-corrected chi connectivity index (χ4v) is 4.14. The van der Waals surface area contributed by atoms with Crippen molar-refractivity contribution in [2.45, 2.75) is 51.0 Å². The van der Waals surface area contributed by atoms with Crippen molar-refractivity contribution in [2.75, 3.05) is 33.4 Å². The highest BCUT2D eigenvalue weighted by Gasteiger charge is 2.43. The summed E-state index contributed by atoms with van der Waals surface area (Å²) < 4.78 is 5.35. The van der Waals surface area contributed by atoms with Crippen molar-refractivity contribution < 1.29 is 4.74 Å². The summed E-state index contributed by atoms with van der Waals surface area (Å²) in [6.45, 7) is 6.57. The van der Waals surface area contributed by atoms with Crippen molar-refractivity contribution in [2.24, 2.45) is 17.6 Å². The molecule has 2 N–H and O–H groups in total. The number of likely N-dealkylation sites (tertiary alicyclic amines) is 1. The molecule has 1 saturated carbocycles. The Morgan fingerprint density at radius 3 is 2.78 bits per heavy atom. The highest BCUT2D eigenvalue weighted by atomic mass is 16.5. The van der Waals surface area contributed by atoms with E-state index in [1.807, 2.05) is 7.11 Å². The molecular formula is C15H30N2O. The van der Waals surface area contributed by atoms with Gasteiger partial charge in [0.25, 0.3) is 0 Å². The standard InChI is InChI=1S/C15H30N2O/c1-13-6-3-4-8-15(13,12-16)17-9-5-7-14(10-17)11-18-2/h13-14H,3-12,16H2,1-2H3. The van der Waals surface area contributed by atoms with E-state index in [4.69, 9.17) is 10.5 Å². The van der Waals surface area contributed by atoms with E-state index in [0.717, 1.165) is 19.1 Å². The Balaban J connectivity index is 2.06. The van der Waals surface area contributed by atoms with Crippen molar-refractivity contribution in [3.05, 3.63) is 0 Å². The topological polar surface area (TPSA) is 38.5 Å². The molecule has 0 amide bonds. The van der Waals surface area contributed by atoms with E-state index in [2.05, 4.69) is 11.8 Å². The van der Waals surface area contributed by atoms with E-state index < -0.39 is 0 Å². The molecule has 3 atom stereocenters. The molecule has 1 aliphatic carbocycles. The summed E-state index contributed by atoms with van der Waals surface area (Å²) in [6, 6.07) is 0. The van der Waals surface area contributed by atoms with Gasteiger partial charge in [-0.05, 0) is 44.1 Å². The number of hydrogen-bond donors (Lipinski definition) is 1. The quantitative estimate of drug-likeness (QED) is 0.836. The van der Waals surface area contributed by atoms with Crippen LogP contribution in [0.1, 0.15) is 45.4 Å². The number of nitrogens with two attached hydrogens (primary N) is 1. The number of hydrogen-bond acceptors (Lipinski definition) is 3. The third kappa shape index (κ3) is 2.73. The minimum atomic E-state index is 0.282. The van der Waals surface area contributed by atoms with Gasteiger partial charge >= 0.3 is 0 Å². The van der Waals surface area contributed by atoms with Gasteiger partial charge in [-0.1, -0.05) is 19.8 Å². The third-order valence-corrected chi connectivity index (χ3v) is 5.32. The van der Waals surface area contributed by atoms with Gasteiger partial charge in [-0.2, -0.15) is 0 Å². The van der Waals surface area contributed by atoms with Crippen LogP contribution >= 0.6 is 0 Å². The summed E-state index contributed by atoms with van der Waals surface area (Å²) in [5, 5.41) is 0. The molecule has 0 aromatic heterocycles. The first-order valence-electron chi connectivity index (χ1n) is 7.67. The number of ether oxygens (including phenoxy) is 1. The molecule has 106 valence electrons. The molecule has 0 radical (unpaired) electrons. The monoisotopic (exact) mass is 254 g/mol. The second kappa shape index (κ2) is 6.36. The highest BCUT2D eigenvalue weighted by molar-refractivity contribution is 4.99. The molecule has 0 spiro atoms. The average molecular weight is 254 g/mol. The zero-order chi connectivity index (χ0) is 13.0. The lowest BCUT2D eigenvalue weighted by atomic mass is 9.71. The Labute approximate surface area is 112 Å². The Bertz CT molecular complexity index is 257. The number of rotatable bonds is 4. The predicted octanol–water partition coefficient (Wildman–Crippen LogP) is 2.25. The van der Waals surface area contributed by atoms with Crippen LogP contribution in [0.25, 0.3) is 0 Å². The molecule has 2 aliphatic rings. The molecule has 0 aromatic rings. The van der Waals surface area contributed by atoms with Gasteiger partial charge in [0.2, 0.25) is 0 Å². The van der Waals surface area contributed by atoms with Crippen molar-refractivity contribution in [1.82, 2.24) is 4.90 Å². The number of nitrogens with zero attached hydrogens (tertiary/aromatic N) is 1. The van der Waals surface area contributed by atoms with Crippen LogP contribution in [0.4, 0.5) is 0 Å². The van der Waals surface area contributed by atoms with Gasteiger partial charge in [-0.25, -0.2) is 0 Å². The minimum absolute atomic E-state index is 0.282. The van der Waals surface area contributed by atoms with E-state index in [9.17, 15) is 0 Å². The van der Waals surface area contributed by atoms with E-state index in [-0.39, 0.29) is 5.54 Å². The average Bonchev–Trinajstić information content (AvgIpc) is 2.40. The van der Waals surface area contributed by atoms with Gasteiger partial charge in [0.15, 0.2) is 0 Å². The van der Waals surface area contributed by atoms with Crippen LogP contribution in [0.5, 0.6) is 0 Å². The van der Waals surface area contributed by atoms with Gasteiger partial charge in [0.05, 0.1) is 6.61 Å². The Kier molecular flexibility index (Phi) is 5.05. The molecule has 0 aromatic carbocycles. The van der Waals surface area contributed by atoms with Crippen LogP contribution in [0.2, 0.25) is 0 Å². The summed E-state index contributed by atoms with van der Waals surface area (Å²) in [5.41, 5.74) is 6.49. The van der Waals surface area contributed by atoms with Crippen molar-refractivity contribution >= 4 is 0 Å². The number of methoxy groups -OCH3 is 1. The van der Waals surface area contributed by atoms with Crippen molar-refractivity contribution in [3.63, 3.8) is 0 Å². The van der Waals surface area contributed by atoms with Gasteiger partial charge in [-0.15, -0.1) is 0 Å². The van der Waals surface area contributed by atoms with E-state index in [1.54, 1.807) is 0 Å². The van der Waals surface area contributed by atoms with Crippen molar-refractivity contribution in [1.29, 1.82) is 0 Å². The first-order valence-corrected chi connectivity index (χ1v) is 7.67. The third-order valence-electron chi connectivity index (χ3n) is 5.32. The van der Waals surface area contributed by atoms with Crippen LogP contribution in [-0.2, 0) is 4.74 Å². The molecule has 3 heteroatoms. The van der Waals surface area contributed by atoms with Crippen LogP contribution in [0.3, 0.4) is 0 Å². The zero-order valence-electron chi connectivity index (χ0n) is 12.2. The fraction of sp³-hybridized carbons (Fsp3) is 1.00. The van der Waals surface area contributed by atoms with E-state index in [1.165, 1.54) is 51.6 Å². The van der Waals surface area contributed by atoms with Crippen LogP contribution < -0.4 is 5.73 Å². The molecule has 1 saturated heterocycles. The molecule has 1 aliphatic heterocycles. The normalized spacial score (nSPS) is 38.8. The highest BCUT2D eigenvalue weighted by Crippen LogP contribution is 2.39. The second-order valence-electron chi connectivity index (χ2n) is 6.36. The van der Waals surface area contributed by atoms with Gasteiger partial charge in [-0.3, -0.25) is 4.90 Å². The smallest absolute Gasteiger partial charge is 0.0502 e. The maximum atomic E-state index is 6.21. The minimum Gasteiger partial charge on any atom is -0.384 e. The summed E-state index contributed by atoms with van der Waals surface area (Å²) in [6.07, 6.45) is 8.01. The van der Waals surface area contributed by atoms with Crippen molar-refractivity contribution in [3.8, 4) is 0 Å². The van der Waals surface area contributed by atoms with Gasteiger partial charge < -0.3 is 10.5 Å². The van der Waals surface area contributed by atoms with Crippen LogP contribution in [0.15, 0.2) is 0 Å². The Hall–Kier alpha value is -0.120. The maximum absolute atomic E-state index is 6.21. The summed E-state index contributed by atoms with van der Waals surface area (Å²) in [4.78, 5) is 2.71. The van der Waals surface area contributed by atoms with Gasteiger partial charge in [0, 0.05) is 25.7 Å². The summed E-state index contributed by atoms with van der Waals surface area (Å²) in [7, 11) is 1.82. The Morgan fingerprint density at radius 2 is 2.11 bits per heavy atom. The molecule has 1 heterocycles. The largest absolute Gasteiger partial charge is 0.384 e. The van der Waals surface area contributed by atoms with Crippen LogP contribution in [0, 0.1) is 11.8 Å². The van der Waals surface area contributed by atoms with E-state index in [0.29, 0.717) is 5.92 Å².